The molecule has 0 fully saturated rings. The minimum atomic E-state index is -4.65. The van der Waals surface area contributed by atoms with Crippen molar-refractivity contribution < 1.29 is 31.1 Å². The second-order valence-electron chi connectivity index (χ2n) is 6.71. The Morgan fingerprint density at radius 2 is 1.90 bits per heavy atom. The fourth-order valence-corrected chi connectivity index (χ4v) is 3.84. The third-order valence-corrected chi connectivity index (χ3v) is 5.90. The topological polar surface area (TPSA) is 63.7 Å². The Hall–Kier alpha value is -2.26. The summed E-state index contributed by atoms with van der Waals surface area (Å²) in [5, 5.41) is 0.500. The SMILES string of the molecule is C[C@H](Oc1ccc(S(C)(=O)=O)cc1C(=O)N1CCc2cc(Cl)ccc21)C(F)(F)F. The number of carbonyl (C=O) groups excluding carboxylic acids is 1. The number of nitrogens with zero attached hydrogens (tertiary/aromatic N) is 1. The van der Waals surface area contributed by atoms with E-state index in [4.69, 9.17) is 16.3 Å². The molecule has 0 saturated heterocycles. The molecular weight excluding hydrogens is 431 g/mol. The van der Waals surface area contributed by atoms with Crippen LogP contribution in [-0.4, -0.2) is 39.4 Å². The first kappa shape index (κ1) is 21.4. The predicted octanol–water partition coefficient (Wildman–Crippen LogP) is 4.28. The number of ether oxygens (including phenoxy) is 1. The number of carbonyl (C=O) groups is 1. The van der Waals surface area contributed by atoms with Crippen molar-refractivity contribution in [3.05, 3.63) is 52.5 Å². The first-order chi connectivity index (χ1) is 13.4. The molecule has 1 aliphatic heterocycles. The van der Waals surface area contributed by atoms with Crippen LogP contribution in [0.15, 0.2) is 41.3 Å². The molecule has 156 valence electrons. The highest BCUT2D eigenvalue weighted by molar-refractivity contribution is 7.90. The molecule has 0 radical (unpaired) electrons. The average molecular weight is 448 g/mol. The average Bonchev–Trinajstić information content (AvgIpc) is 3.02. The van der Waals surface area contributed by atoms with E-state index in [-0.39, 0.29) is 22.8 Å². The van der Waals surface area contributed by atoms with Gasteiger partial charge in [-0.25, -0.2) is 8.42 Å². The zero-order chi connectivity index (χ0) is 21.6. The van der Waals surface area contributed by atoms with Crippen LogP contribution in [0.1, 0.15) is 22.8 Å². The van der Waals surface area contributed by atoms with E-state index in [1.54, 1.807) is 18.2 Å². The Labute approximate surface area is 170 Å². The summed E-state index contributed by atoms with van der Waals surface area (Å²) in [6, 6.07) is 8.18. The lowest BCUT2D eigenvalue weighted by molar-refractivity contribution is -0.189. The standard InChI is InChI=1S/C19H17ClF3NO4S/c1-11(19(21,22)23)28-17-6-4-14(29(2,26)27)10-15(17)18(25)24-8-7-12-9-13(20)3-5-16(12)24/h3-6,9-11H,7-8H2,1-2H3/t11-/m0/s1. The summed E-state index contributed by atoms with van der Waals surface area (Å²) < 4.78 is 67.6. The number of rotatable bonds is 4. The normalized spacial score (nSPS) is 15.2. The summed E-state index contributed by atoms with van der Waals surface area (Å²) in [4.78, 5) is 14.3. The van der Waals surface area contributed by atoms with Gasteiger partial charge in [-0.15, -0.1) is 0 Å². The summed E-state index contributed by atoms with van der Waals surface area (Å²) in [6.45, 7) is 1.10. The fraction of sp³-hybridized carbons (Fsp3) is 0.316. The number of alkyl halides is 3. The van der Waals surface area contributed by atoms with E-state index in [0.717, 1.165) is 36.9 Å². The predicted molar refractivity (Wildman–Crippen MR) is 103 cm³/mol. The molecule has 0 aromatic heterocycles. The summed E-state index contributed by atoms with van der Waals surface area (Å²) in [5.41, 5.74) is 1.13. The van der Waals surface area contributed by atoms with Crippen LogP contribution in [0.5, 0.6) is 5.75 Å². The third kappa shape index (κ3) is 4.51. The highest BCUT2D eigenvalue weighted by atomic mass is 35.5. The lowest BCUT2D eigenvalue weighted by Gasteiger charge is -2.23. The van der Waals surface area contributed by atoms with Crippen LogP contribution in [0.3, 0.4) is 0 Å². The largest absolute Gasteiger partial charge is 0.480 e. The number of hydrogen-bond acceptors (Lipinski definition) is 4. The van der Waals surface area contributed by atoms with Crippen molar-refractivity contribution in [1.82, 2.24) is 0 Å². The maximum atomic E-state index is 13.2. The van der Waals surface area contributed by atoms with E-state index in [9.17, 15) is 26.4 Å². The van der Waals surface area contributed by atoms with E-state index in [0.29, 0.717) is 17.1 Å². The van der Waals surface area contributed by atoms with Gasteiger partial charge in [0, 0.05) is 23.5 Å². The van der Waals surface area contributed by atoms with Crippen molar-refractivity contribution >= 4 is 33.0 Å². The second kappa shape index (κ2) is 7.53. The summed E-state index contributed by atoms with van der Waals surface area (Å²) >= 11 is 5.97. The maximum Gasteiger partial charge on any atom is 0.425 e. The van der Waals surface area contributed by atoms with E-state index >= 15 is 0 Å². The number of benzene rings is 2. The first-order valence-corrected chi connectivity index (χ1v) is 10.8. The van der Waals surface area contributed by atoms with Crippen LogP contribution in [0.4, 0.5) is 18.9 Å². The van der Waals surface area contributed by atoms with Gasteiger partial charge in [0.05, 0.1) is 10.5 Å². The van der Waals surface area contributed by atoms with Gasteiger partial charge in [-0.3, -0.25) is 4.79 Å². The monoisotopic (exact) mass is 447 g/mol. The van der Waals surface area contributed by atoms with Gasteiger partial charge in [0.2, 0.25) is 0 Å². The van der Waals surface area contributed by atoms with Gasteiger partial charge in [0.15, 0.2) is 15.9 Å². The minimum Gasteiger partial charge on any atom is -0.480 e. The van der Waals surface area contributed by atoms with Gasteiger partial charge in [-0.2, -0.15) is 13.2 Å². The first-order valence-electron chi connectivity index (χ1n) is 8.55. The van der Waals surface area contributed by atoms with Crippen LogP contribution in [-0.2, 0) is 16.3 Å². The molecule has 0 saturated carbocycles. The molecule has 0 N–H and O–H groups in total. The number of amides is 1. The zero-order valence-corrected chi connectivity index (χ0v) is 17.0. The van der Waals surface area contributed by atoms with Gasteiger partial charge < -0.3 is 9.64 Å². The molecule has 1 amide bonds. The lowest BCUT2D eigenvalue weighted by atomic mass is 10.1. The summed E-state index contributed by atoms with van der Waals surface area (Å²) in [5.74, 6) is -0.990. The molecule has 29 heavy (non-hydrogen) atoms. The smallest absolute Gasteiger partial charge is 0.425 e. The van der Waals surface area contributed by atoms with Gasteiger partial charge in [-0.05, 0) is 55.3 Å². The van der Waals surface area contributed by atoms with Crippen molar-refractivity contribution in [2.45, 2.75) is 30.5 Å². The van der Waals surface area contributed by atoms with Crippen molar-refractivity contribution in [3.8, 4) is 5.75 Å². The molecule has 1 aliphatic rings. The van der Waals surface area contributed by atoms with Crippen LogP contribution in [0.25, 0.3) is 0 Å². The van der Waals surface area contributed by atoms with Crippen LogP contribution < -0.4 is 9.64 Å². The Bertz CT molecular complexity index is 1070. The van der Waals surface area contributed by atoms with E-state index < -0.39 is 28.0 Å². The lowest BCUT2D eigenvalue weighted by Crippen LogP contribution is -2.33. The Morgan fingerprint density at radius 1 is 1.21 bits per heavy atom. The molecule has 1 heterocycles. The van der Waals surface area contributed by atoms with Crippen LogP contribution in [0, 0.1) is 0 Å². The van der Waals surface area contributed by atoms with E-state index in [2.05, 4.69) is 0 Å². The Morgan fingerprint density at radius 3 is 2.52 bits per heavy atom. The Balaban J connectivity index is 2.05. The minimum absolute atomic E-state index is 0.191. The molecule has 0 spiro atoms. The molecule has 1 atom stereocenters. The number of fused-ring (bicyclic) bond motifs is 1. The quantitative estimate of drug-likeness (QED) is 0.702. The second-order valence-corrected chi connectivity index (χ2v) is 9.16. The number of anilines is 1. The highest BCUT2D eigenvalue weighted by Gasteiger charge is 2.39. The molecule has 0 unspecified atom stereocenters. The zero-order valence-electron chi connectivity index (χ0n) is 15.5. The number of hydrogen-bond donors (Lipinski definition) is 0. The molecule has 2 aromatic rings. The summed E-state index contributed by atoms with van der Waals surface area (Å²) in [6.07, 6.45) is -5.36. The Kier molecular flexibility index (Phi) is 5.57. The van der Waals surface area contributed by atoms with Gasteiger partial charge in [0.1, 0.15) is 5.75 Å². The van der Waals surface area contributed by atoms with Gasteiger partial charge in [0.25, 0.3) is 5.91 Å². The molecule has 0 aliphatic carbocycles. The van der Waals surface area contributed by atoms with Crippen molar-refractivity contribution in [3.63, 3.8) is 0 Å². The fourth-order valence-electron chi connectivity index (χ4n) is 2.99. The van der Waals surface area contributed by atoms with E-state index in [1.165, 1.54) is 4.90 Å². The summed E-state index contributed by atoms with van der Waals surface area (Å²) in [7, 11) is -3.69. The van der Waals surface area contributed by atoms with Crippen molar-refractivity contribution in [1.29, 1.82) is 0 Å². The van der Waals surface area contributed by atoms with Crippen LogP contribution in [0.2, 0.25) is 5.02 Å². The molecular formula is C19H17ClF3NO4S. The van der Waals surface area contributed by atoms with Gasteiger partial charge >= 0.3 is 6.18 Å². The molecule has 3 rings (SSSR count). The molecule has 10 heteroatoms. The molecule has 5 nitrogen and oxygen atoms in total. The number of sulfone groups is 1. The maximum absolute atomic E-state index is 13.2. The third-order valence-electron chi connectivity index (χ3n) is 4.56. The highest BCUT2D eigenvalue weighted by Crippen LogP contribution is 2.35. The molecule has 0 bridgehead atoms. The number of halogens is 4. The van der Waals surface area contributed by atoms with Crippen LogP contribution >= 0.6 is 11.6 Å². The molecule has 2 aromatic carbocycles. The van der Waals surface area contributed by atoms with Gasteiger partial charge in [-0.1, -0.05) is 11.6 Å². The van der Waals surface area contributed by atoms with Crippen molar-refractivity contribution in [2.24, 2.45) is 0 Å². The van der Waals surface area contributed by atoms with E-state index in [1.807, 2.05) is 0 Å². The van der Waals surface area contributed by atoms with Crippen molar-refractivity contribution in [2.75, 3.05) is 17.7 Å².